The Hall–Kier alpha value is -2.94. The molecule has 2 N–H and O–H groups in total. The van der Waals surface area contributed by atoms with E-state index in [4.69, 9.17) is 14.2 Å². The van der Waals surface area contributed by atoms with Gasteiger partial charge in [-0.3, -0.25) is 4.99 Å². The molecule has 2 aromatic rings. The smallest absolute Gasteiger partial charge is 0.231 e. The van der Waals surface area contributed by atoms with Crippen LogP contribution in [0.4, 0.5) is 0 Å². The average molecular weight is 420 g/mol. The Morgan fingerprint density at radius 3 is 2.66 bits per heavy atom. The van der Waals surface area contributed by atoms with Crippen LogP contribution in [-0.2, 0) is 16.4 Å². The molecule has 0 saturated heterocycles. The number of nitrogens with zero attached hydrogens (tertiary/aromatic N) is 1. The first-order valence-electron chi connectivity index (χ1n) is 9.13. The highest BCUT2D eigenvalue weighted by Gasteiger charge is 2.14. The van der Waals surface area contributed by atoms with Gasteiger partial charge in [0.25, 0.3) is 0 Å². The zero-order valence-electron chi connectivity index (χ0n) is 16.7. The van der Waals surface area contributed by atoms with Crippen molar-refractivity contribution < 1.29 is 22.6 Å². The third-order valence-electron chi connectivity index (χ3n) is 4.33. The predicted octanol–water partition coefficient (Wildman–Crippen LogP) is 1.87. The van der Waals surface area contributed by atoms with Crippen LogP contribution in [-0.4, -0.2) is 47.6 Å². The molecule has 0 fully saturated rings. The first-order chi connectivity index (χ1) is 13.9. The summed E-state index contributed by atoms with van der Waals surface area (Å²) >= 11 is 0. The van der Waals surface area contributed by atoms with Crippen molar-refractivity contribution >= 4 is 15.8 Å². The highest BCUT2D eigenvalue weighted by atomic mass is 32.2. The summed E-state index contributed by atoms with van der Waals surface area (Å²) in [5.74, 6) is 2.74. The molecule has 0 saturated carbocycles. The maximum Gasteiger partial charge on any atom is 0.231 e. The molecule has 0 amide bonds. The minimum Gasteiger partial charge on any atom is -0.492 e. The summed E-state index contributed by atoms with van der Waals surface area (Å²) < 4.78 is 39.7. The zero-order valence-corrected chi connectivity index (χ0v) is 17.5. The lowest BCUT2D eigenvalue weighted by Gasteiger charge is -2.13. The van der Waals surface area contributed by atoms with Gasteiger partial charge in [0, 0.05) is 25.9 Å². The molecule has 1 aliphatic heterocycles. The Bertz CT molecular complexity index is 1010. The van der Waals surface area contributed by atoms with Gasteiger partial charge in [0.1, 0.15) is 12.4 Å². The van der Waals surface area contributed by atoms with E-state index in [-0.39, 0.29) is 6.79 Å². The van der Waals surface area contributed by atoms with Gasteiger partial charge in [-0.1, -0.05) is 12.1 Å². The Balaban J connectivity index is 1.44. The van der Waals surface area contributed by atoms with Crippen molar-refractivity contribution in [3.05, 3.63) is 47.5 Å². The summed E-state index contributed by atoms with van der Waals surface area (Å²) in [6, 6.07) is 10.8. The fourth-order valence-corrected chi connectivity index (χ4v) is 3.91. The van der Waals surface area contributed by atoms with Gasteiger partial charge in [0.05, 0.1) is 11.4 Å². The Kier molecular flexibility index (Phi) is 6.48. The van der Waals surface area contributed by atoms with Crippen LogP contribution in [0.2, 0.25) is 0 Å². The van der Waals surface area contributed by atoms with E-state index < -0.39 is 9.84 Å². The largest absolute Gasteiger partial charge is 0.492 e. The maximum atomic E-state index is 11.7. The van der Waals surface area contributed by atoms with E-state index >= 15 is 0 Å². The minimum atomic E-state index is -3.21. The molecule has 156 valence electrons. The van der Waals surface area contributed by atoms with Crippen molar-refractivity contribution in [2.24, 2.45) is 4.99 Å². The van der Waals surface area contributed by atoms with Crippen molar-refractivity contribution in [2.75, 3.05) is 33.2 Å². The maximum absolute atomic E-state index is 11.7. The van der Waals surface area contributed by atoms with E-state index in [0.717, 1.165) is 16.9 Å². The number of fused-ring (bicyclic) bond motifs is 1. The lowest BCUT2D eigenvalue weighted by molar-refractivity contribution is 0.173. The second-order valence-electron chi connectivity index (χ2n) is 6.59. The van der Waals surface area contributed by atoms with Gasteiger partial charge >= 0.3 is 0 Å². The second kappa shape index (κ2) is 9.04. The van der Waals surface area contributed by atoms with Crippen LogP contribution in [0.3, 0.4) is 0 Å². The number of aryl methyl sites for hydroxylation is 1. The molecule has 0 spiro atoms. The van der Waals surface area contributed by atoms with Crippen molar-refractivity contribution in [1.29, 1.82) is 0 Å². The highest BCUT2D eigenvalue weighted by molar-refractivity contribution is 7.90. The first kappa shape index (κ1) is 20.8. The third kappa shape index (κ3) is 5.54. The number of aliphatic imine (C=N–C) groups is 1. The van der Waals surface area contributed by atoms with E-state index in [1.165, 1.54) is 6.26 Å². The Labute approximate surface area is 170 Å². The minimum absolute atomic E-state index is 0.235. The van der Waals surface area contributed by atoms with Crippen molar-refractivity contribution in [3.8, 4) is 17.2 Å². The molecule has 0 atom stereocenters. The van der Waals surface area contributed by atoms with Gasteiger partial charge in [0.2, 0.25) is 6.79 Å². The van der Waals surface area contributed by atoms with Crippen molar-refractivity contribution in [1.82, 2.24) is 10.6 Å². The molecule has 29 heavy (non-hydrogen) atoms. The molecule has 1 heterocycles. The molecule has 0 radical (unpaired) electrons. The summed E-state index contributed by atoms with van der Waals surface area (Å²) in [7, 11) is -1.53. The average Bonchev–Trinajstić information content (AvgIpc) is 3.14. The van der Waals surface area contributed by atoms with Gasteiger partial charge in [-0.05, 0) is 36.2 Å². The summed E-state index contributed by atoms with van der Waals surface area (Å²) in [5, 5.41) is 6.38. The van der Waals surface area contributed by atoms with Gasteiger partial charge in [-0.15, -0.1) is 0 Å². The summed E-state index contributed by atoms with van der Waals surface area (Å²) in [6.45, 7) is 3.55. The molecule has 9 heteroatoms. The first-order valence-corrected chi connectivity index (χ1v) is 11.0. The summed E-state index contributed by atoms with van der Waals surface area (Å²) in [5.41, 5.74) is 1.70. The fraction of sp³-hybridized carbons (Fsp3) is 0.350. The Morgan fingerprint density at radius 1 is 1.14 bits per heavy atom. The molecule has 2 aromatic carbocycles. The van der Waals surface area contributed by atoms with Crippen molar-refractivity contribution in [2.45, 2.75) is 18.4 Å². The molecular formula is C20H25N3O5S. The molecule has 0 unspecified atom stereocenters. The number of hydrogen-bond acceptors (Lipinski definition) is 6. The number of ether oxygens (including phenoxy) is 3. The predicted molar refractivity (Wildman–Crippen MR) is 111 cm³/mol. The van der Waals surface area contributed by atoms with Crippen LogP contribution in [0.5, 0.6) is 17.2 Å². The van der Waals surface area contributed by atoms with Gasteiger partial charge in [-0.25, -0.2) is 8.42 Å². The van der Waals surface area contributed by atoms with E-state index in [9.17, 15) is 8.42 Å². The number of rotatable bonds is 7. The van der Waals surface area contributed by atoms with Gasteiger partial charge in [-0.2, -0.15) is 0 Å². The molecule has 0 aromatic heterocycles. The SMILES string of the molecule is CN=C(NCCOc1ccc2c(c1)OCO2)NCc1ccc(S(C)(=O)=O)c(C)c1. The standard InChI is InChI=1S/C20H25N3O5S/c1-14-10-15(4-7-19(14)29(3,24)25)12-23-20(21-2)22-8-9-26-16-5-6-17-18(11-16)28-13-27-17/h4-7,10-11H,8-9,12-13H2,1-3H3,(H2,21,22,23). The fourth-order valence-electron chi connectivity index (χ4n) is 2.95. The normalized spacial score (nSPS) is 13.3. The summed E-state index contributed by atoms with van der Waals surface area (Å²) in [4.78, 5) is 4.53. The summed E-state index contributed by atoms with van der Waals surface area (Å²) in [6.07, 6.45) is 1.21. The lowest BCUT2D eigenvalue weighted by atomic mass is 10.1. The molecule has 3 rings (SSSR count). The Morgan fingerprint density at radius 2 is 1.93 bits per heavy atom. The molecule has 0 aliphatic carbocycles. The topological polar surface area (TPSA) is 98.2 Å². The quantitative estimate of drug-likeness (QED) is 0.402. The number of nitrogens with one attached hydrogen (secondary N) is 2. The molecule has 8 nitrogen and oxygen atoms in total. The van der Waals surface area contributed by atoms with Crippen molar-refractivity contribution in [3.63, 3.8) is 0 Å². The molecular weight excluding hydrogens is 394 g/mol. The van der Waals surface area contributed by atoms with Gasteiger partial charge < -0.3 is 24.8 Å². The van der Waals surface area contributed by atoms with E-state index in [0.29, 0.717) is 42.1 Å². The van der Waals surface area contributed by atoms with Crippen LogP contribution >= 0.6 is 0 Å². The molecule has 0 bridgehead atoms. The number of benzene rings is 2. The molecule has 1 aliphatic rings. The highest BCUT2D eigenvalue weighted by Crippen LogP contribution is 2.34. The van der Waals surface area contributed by atoms with Crippen LogP contribution in [0.1, 0.15) is 11.1 Å². The second-order valence-corrected chi connectivity index (χ2v) is 8.57. The number of hydrogen-bond donors (Lipinski definition) is 2. The van der Waals surface area contributed by atoms with Crippen LogP contribution in [0.25, 0.3) is 0 Å². The zero-order chi connectivity index (χ0) is 20.9. The van der Waals surface area contributed by atoms with E-state index in [1.54, 1.807) is 32.2 Å². The van der Waals surface area contributed by atoms with Crippen LogP contribution in [0, 0.1) is 6.92 Å². The number of guanidine groups is 1. The van der Waals surface area contributed by atoms with Crippen LogP contribution in [0.15, 0.2) is 46.3 Å². The van der Waals surface area contributed by atoms with Gasteiger partial charge in [0.15, 0.2) is 27.3 Å². The van der Waals surface area contributed by atoms with E-state index in [2.05, 4.69) is 15.6 Å². The third-order valence-corrected chi connectivity index (χ3v) is 5.59. The van der Waals surface area contributed by atoms with Crippen LogP contribution < -0.4 is 24.8 Å². The number of sulfone groups is 1. The van der Waals surface area contributed by atoms with E-state index in [1.807, 2.05) is 18.2 Å². The lowest BCUT2D eigenvalue weighted by Crippen LogP contribution is -2.38. The monoisotopic (exact) mass is 419 g/mol.